The van der Waals surface area contributed by atoms with E-state index in [0.29, 0.717) is 6.54 Å². The second kappa shape index (κ2) is 7.53. The Balaban J connectivity index is 1.85. The van der Waals surface area contributed by atoms with Gasteiger partial charge in [-0.3, -0.25) is 15.0 Å². The van der Waals surface area contributed by atoms with Gasteiger partial charge < -0.3 is 14.6 Å². The minimum atomic E-state index is -0.711. The highest BCUT2D eigenvalue weighted by Gasteiger charge is 2.24. The first kappa shape index (κ1) is 16.7. The fraction of sp³-hybridized carbons (Fsp3) is 0.600. The van der Waals surface area contributed by atoms with Crippen LogP contribution in [0.5, 0.6) is 5.75 Å². The van der Waals surface area contributed by atoms with Gasteiger partial charge in [0.25, 0.3) is 0 Å². The van der Waals surface area contributed by atoms with E-state index in [1.54, 1.807) is 12.1 Å². The Labute approximate surface area is 129 Å². The largest absolute Gasteiger partial charge is 0.484 e. The molecule has 3 atom stereocenters. The number of para-hydroxylation sites is 2. The molecule has 7 heteroatoms. The fourth-order valence-corrected chi connectivity index (χ4v) is 2.70. The van der Waals surface area contributed by atoms with Gasteiger partial charge in [-0.05, 0) is 19.9 Å². The SMILES string of the molecule is C[C@H]1CN(C[C@H](O)COc2ccccc2[N+](=O)[O-])C[C@H](C)O1. The molecule has 22 heavy (non-hydrogen) atoms. The van der Waals surface area contributed by atoms with E-state index in [1.165, 1.54) is 12.1 Å². The van der Waals surface area contributed by atoms with E-state index in [1.807, 2.05) is 13.8 Å². The summed E-state index contributed by atoms with van der Waals surface area (Å²) < 4.78 is 11.0. The van der Waals surface area contributed by atoms with Gasteiger partial charge in [-0.15, -0.1) is 0 Å². The number of nitrogens with zero attached hydrogens (tertiary/aromatic N) is 2. The molecule has 1 heterocycles. The highest BCUT2D eigenvalue weighted by Crippen LogP contribution is 2.25. The van der Waals surface area contributed by atoms with Crippen LogP contribution in [0.1, 0.15) is 13.8 Å². The van der Waals surface area contributed by atoms with E-state index < -0.39 is 11.0 Å². The molecule has 122 valence electrons. The summed E-state index contributed by atoms with van der Waals surface area (Å²) in [5.74, 6) is 0.176. The lowest BCUT2D eigenvalue weighted by Crippen LogP contribution is -2.48. The monoisotopic (exact) mass is 310 g/mol. The van der Waals surface area contributed by atoms with Crippen molar-refractivity contribution in [1.82, 2.24) is 4.90 Å². The molecule has 1 aliphatic heterocycles. The van der Waals surface area contributed by atoms with Crippen LogP contribution in [0.15, 0.2) is 24.3 Å². The van der Waals surface area contributed by atoms with E-state index >= 15 is 0 Å². The molecule has 7 nitrogen and oxygen atoms in total. The quantitative estimate of drug-likeness (QED) is 0.632. The minimum Gasteiger partial charge on any atom is -0.484 e. The lowest BCUT2D eigenvalue weighted by atomic mass is 10.2. The lowest BCUT2D eigenvalue weighted by molar-refractivity contribution is -0.385. The van der Waals surface area contributed by atoms with E-state index in [4.69, 9.17) is 9.47 Å². The van der Waals surface area contributed by atoms with Crippen LogP contribution in [0.3, 0.4) is 0 Å². The van der Waals surface area contributed by atoms with Gasteiger partial charge >= 0.3 is 5.69 Å². The van der Waals surface area contributed by atoms with Gasteiger partial charge in [0.05, 0.1) is 17.1 Å². The molecule has 0 spiro atoms. The van der Waals surface area contributed by atoms with Crippen molar-refractivity contribution < 1.29 is 19.5 Å². The van der Waals surface area contributed by atoms with Crippen molar-refractivity contribution in [2.24, 2.45) is 0 Å². The lowest BCUT2D eigenvalue weighted by Gasteiger charge is -2.36. The first-order chi connectivity index (χ1) is 10.5. The van der Waals surface area contributed by atoms with Crippen molar-refractivity contribution in [3.63, 3.8) is 0 Å². The maximum absolute atomic E-state index is 10.9. The molecule has 1 N–H and O–H groups in total. The number of nitro groups is 1. The second-order valence-corrected chi connectivity index (χ2v) is 5.67. The Morgan fingerprint density at radius 3 is 2.68 bits per heavy atom. The Morgan fingerprint density at radius 2 is 2.05 bits per heavy atom. The van der Waals surface area contributed by atoms with Crippen molar-refractivity contribution in [2.45, 2.75) is 32.2 Å². The number of aliphatic hydroxyl groups excluding tert-OH is 1. The molecule has 1 aliphatic rings. The third kappa shape index (κ3) is 4.66. The third-order valence-electron chi connectivity index (χ3n) is 3.46. The van der Waals surface area contributed by atoms with Crippen LogP contribution < -0.4 is 4.74 Å². The average molecular weight is 310 g/mol. The predicted octanol–water partition coefficient (Wildman–Crippen LogP) is 1.44. The average Bonchev–Trinajstić information content (AvgIpc) is 2.44. The first-order valence-corrected chi connectivity index (χ1v) is 7.37. The zero-order valence-corrected chi connectivity index (χ0v) is 12.8. The maximum atomic E-state index is 10.9. The van der Waals surface area contributed by atoms with Crippen LogP contribution in [-0.4, -0.2) is 59.5 Å². The molecule has 1 fully saturated rings. The Morgan fingerprint density at radius 1 is 1.41 bits per heavy atom. The summed E-state index contributed by atoms with van der Waals surface area (Å²) in [6, 6.07) is 6.16. The van der Waals surface area contributed by atoms with Crippen LogP contribution in [-0.2, 0) is 4.74 Å². The number of rotatable bonds is 6. The Bertz CT molecular complexity index is 500. The molecule has 0 aromatic heterocycles. The van der Waals surface area contributed by atoms with E-state index in [0.717, 1.165) is 13.1 Å². The van der Waals surface area contributed by atoms with Gasteiger partial charge in [0, 0.05) is 25.7 Å². The summed E-state index contributed by atoms with van der Waals surface area (Å²) in [5.41, 5.74) is -0.0942. The molecule has 2 rings (SSSR count). The summed E-state index contributed by atoms with van der Waals surface area (Å²) >= 11 is 0. The Hall–Kier alpha value is -1.70. The van der Waals surface area contributed by atoms with Crippen LogP contribution in [0.25, 0.3) is 0 Å². The molecule has 0 bridgehead atoms. The molecule has 1 saturated heterocycles. The molecular weight excluding hydrogens is 288 g/mol. The topological polar surface area (TPSA) is 85.1 Å². The molecule has 0 amide bonds. The van der Waals surface area contributed by atoms with Crippen molar-refractivity contribution in [3.8, 4) is 5.75 Å². The summed E-state index contributed by atoms with van der Waals surface area (Å²) in [6.07, 6.45) is -0.448. The van der Waals surface area contributed by atoms with Gasteiger partial charge in [-0.25, -0.2) is 0 Å². The molecule has 0 unspecified atom stereocenters. The number of benzene rings is 1. The van der Waals surface area contributed by atoms with Crippen molar-refractivity contribution >= 4 is 5.69 Å². The van der Waals surface area contributed by atoms with Crippen molar-refractivity contribution in [2.75, 3.05) is 26.2 Å². The van der Waals surface area contributed by atoms with Crippen LogP contribution in [0.4, 0.5) is 5.69 Å². The summed E-state index contributed by atoms with van der Waals surface area (Å²) in [6.45, 7) is 5.99. The zero-order chi connectivity index (χ0) is 16.1. The molecule has 0 saturated carbocycles. The van der Waals surface area contributed by atoms with Gasteiger partial charge in [-0.2, -0.15) is 0 Å². The van der Waals surface area contributed by atoms with E-state index in [2.05, 4.69) is 4.90 Å². The highest BCUT2D eigenvalue weighted by molar-refractivity contribution is 5.45. The maximum Gasteiger partial charge on any atom is 0.310 e. The third-order valence-corrected chi connectivity index (χ3v) is 3.46. The molecule has 1 aromatic carbocycles. The van der Waals surface area contributed by atoms with Gasteiger partial charge in [0.15, 0.2) is 5.75 Å². The highest BCUT2D eigenvalue weighted by atomic mass is 16.6. The van der Waals surface area contributed by atoms with E-state index in [9.17, 15) is 15.2 Å². The number of ether oxygens (including phenoxy) is 2. The van der Waals surface area contributed by atoms with Gasteiger partial charge in [0.2, 0.25) is 0 Å². The second-order valence-electron chi connectivity index (χ2n) is 5.67. The summed E-state index contributed by atoms with van der Waals surface area (Å²) in [4.78, 5) is 12.5. The Kier molecular flexibility index (Phi) is 5.70. The minimum absolute atomic E-state index is 0.0188. The fourth-order valence-electron chi connectivity index (χ4n) is 2.70. The molecule has 0 radical (unpaired) electrons. The number of aliphatic hydroxyl groups is 1. The standard InChI is InChI=1S/C15H22N2O5/c1-11-7-16(8-12(2)22-11)9-13(18)10-21-15-6-4-3-5-14(15)17(19)20/h3-6,11-13,18H,7-10H2,1-2H3/t11-,12-,13-/m0/s1. The zero-order valence-electron chi connectivity index (χ0n) is 12.8. The van der Waals surface area contributed by atoms with Gasteiger partial charge in [-0.1, -0.05) is 12.1 Å². The predicted molar refractivity (Wildman–Crippen MR) is 81.0 cm³/mol. The first-order valence-electron chi connectivity index (χ1n) is 7.37. The normalized spacial score (nSPS) is 24.0. The summed E-state index contributed by atoms with van der Waals surface area (Å²) in [7, 11) is 0. The number of nitro benzene ring substituents is 1. The summed E-state index contributed by atoms with van der Waals surface area (Å²) in [5, 5.41) is 21.0. The van der Waals surface area contributed by atoms with Crippen LogP contribution >= 0.6 is 0 Å². The van der Waals surface area contributed by atoms with Gasteiger partial charge in [0.1, 0.15) is 12.7 Å². The number of morpholine rings is 1. The molecular formula is C15H22N2O5. The number of β-amino-alcohol motifs (C(OH)–C–C–N with tert-alkyl or cyclic N) is 1. The molecule has 0 aliphatic carbocycles. The van der Waals surface area contributed by atoms with E-state index in [-0.39, 0.29) is 30.3 Å². The smallest absolute Gasteiger partial charge is 0.310 e. The molecule has 1 aromatic rings. The van der Waals surface area contributed by atoms with Crippen molar-refractivity contribution in [1.29, 1.82) is 0 Å². The number of hydrogen-bond donors (Lipinski definition) is 1. The van der Waals surface area contributed by atoms with Crippen LogP contribution in [0, 0.1) is 10.1 Å². The number of hydrogen-bond acceptors (Lipinski definition) is 6. The van der Waals surface area contributed by atoms with Crippen molar-refractivity contribution in [3.05, 3.63) is 34.4 Å². The van der Waals surface area contributed by atoms with Crippen LogP contribution in [0.2, 0.25) is 0 Å².